The van der Waals surface area contributed by atoms with Gasteiger partial charge < -0.3 is 14.6 Å². The number of benzene rings is 1. The predicted octanol–water partition coefficient (Wildman–Crippen LogP) is 6.53. The molecule has 0 saturated heterocycles. The fraction of sp³-hybridized carbons (Fsp3) is 0.708. The number of hydrogen-bond donors (Lipinski definition) is 1. The molecule has 0 aromatic heterocycles. The Bertz CT molecular complexity index is 560. The molecule has 0 heterocycles. The van der Waals surface area contributed by atoms with Crippen LogP contribution in [0.15, 0.2) is 18.2 Å². The summed E-state index contributed by atoms with van der Waals surface area (Å²) in [5.41, 5.74) is 0.600. The summed E-state index contributed by atoms with van der Waals surface area (Å²) in [5.74, 6) is 0.461. The van der Waals surface area contributed by atoms with E-state index >= 15 is 0 Å². The molecule has 0 unspecified atom stereocenters. The van der Waals surface area contributed by atoms with Gasteiger partial charge in [-0.05, 0) is 30.0 Å². The van der Waals surface area contributed by atoms with E-state index < -0.39 is 0 Å². The third-order valence-corrected chi connectivity index (χ3v) is 4.89. The van der Waals surface area contributed by atoms with Gasteiger partial charge >= 0.3 is 5.97 Å². The summed E-state index contributed by atoms with van der Waals surface area (Å²) < 4.78 is 10.8. The summed E-state index contributed by atoms with van der Waals surface area (Å²) in [6.07, 6.45) is 12.6. The van der Waals surface area contributed by atoms with E-state index in [9.17, 15) is 9.90 Å². The number of esters is 1. The monoisotopic (exact) mass is 392 g/mol. The van der Waals surface area contributed by atoms with Crippen LogP contribution in [0, 0.1) is 0 Å². The van der Waals surface area contributed by atoms with Crippen LogP contribution in [0.5, 0.6) is 11.5 Å². The van der Waals surface area contributed by atoms with Crippen molar-refractivity contribution in [2.24, 2.45) is 0 Å². The fourth-order valence-corrected chi connectivity index (χ4v) is 3.17. The van der Waals surface area contributed by atoms with Crippen molar-refractivity contribution in [2.75, 3.05) is 13.2 Å². The van der Waals surface area contributed by atoms with Gasteiger partial charge in [-0.3, -0.25) is 0 Å². The van der Waals surface area contributed by atoms with Gasteiger partial charge in [-0.25, -0.2) is 4.79 Å². The number of carbonyl (C=O) groups excluding carboxylic acids is 1. The van der Waals surface area contributed by atoms with E-state index in [0.717, 1.165) is 18.4 Å². The van der Waals surface area contributed by atoms with Crippen LogP contribution < -0.4 is 4.74 Å². The van der Waals surface area contributed by atoms with Crippen LogP contribution in [0.3, 0.4) is 0 Å². The van der Waals surface area contributed by atoms with Crippen molar-refractivity contribution in [1.82, 2.24) is 0 Å². The van der Waals surface area contributed by atoms with Gasteiger partial charge in [0.1, 0.15) is 11.5 Å². The van der Waals surface area contributed by atoms with E-state index in [0.29, 0.717) is 12.4 Å². The number of unbranched alkanes of at least 4 members (excludes halogenated alkanes) is 9. The lowest BCUT2D eigenvalue weighted by atomic mass is 9.86. The van der Waals surface area contributed by atoms with Gasteiger partial charge in [0.05, 0.1) is 6.61 Å². The van der Waals surface area contributed by atoms with Gasteiger partial charge in [-0.2, -0.15) is 0 Å². The van der Waals surface area contributed by atoms with Gasteiger partial charge in [0, 0.05) is 5.56 Å². The molecule has 0 fully saturated rings. The number of ether oxygens (including phenoxy) is 2. The second-order valence-corrected chi connectivity index (χ2v) is 8.62. The normalized spacial score (nSPS) is 11.4. The third kappa shape index (κ3) is 10.6. The fourth-order valence-electron chi connectivity index (χ4n) is 3.17. The summed E-state index contributed by atoms with van der Waals surface area (Å²) in [6.45, 7) is 8.66. The maximum absolute atomic E-state index is 11.8. The minimum Gasteiger partial charge on any atom is -0.508 e. The zero-order chi connectivity index (χ0) is 20.8. The van der Waals surface area contributed by atoms with Crippen LogP contribution in [0.4, 0.5) is 0 Å². The van der Waals surface area contributed by atoms with Crippen molar-refractivity contribution in [3.8, 4) is 11.5 Å². The van der Waals surface area contributed by atoms with Crippen molar-refractivity contribution >= 4 is 5.97 Å². The molecule has 4 heteroatoms. The molecular formula is C24H40O4. The third-order valence-electron chi connectivity index (χ3n) is 4.89. The standard InChI is InChI=1S/C24H40O4/c1-5-6-7-8-9-10-11-12-13-14-17-27-23(26)19-28-20-15-16-22(25)21(18-20)24(2,3)4/h15-16,18,25H,5-14,17,19H2,1-4H3. The molecule has 0 amide bonds. The van der Waals surface area contributed by atoms with E-state index in [2.05, 4.69) is 6.92 Å². The molecule has 160 valence electrons. The second kappa shape index (κ2) is 13.5. The van der Waals surface area contributed by atoms with Crippen LogP contribution in [-0.2, 0) is 14.9 Å². The van der Waals surface area contributed by atoms with E-state index in [1.165, 1.54) is 51.4 Å². The molecule has 0 spiro atoms. The maximum Gasteiger partial charge on any atom is 0.344 e. The molecule has 0 aliphatic rings. The first kappa shape index (κ1) is 24.3. The zero-order valence-electron chi connectivity index (χ0n) is 18.4. The largest absolute Gasteiger partial charge is 0.508 e. The minimum atomic E-state index is -0.346. The zero-order valence-corrected chi connectivity index (χ0v) is 18.4. The van der Waals surface area contributed by atoms with Crippen molar-refractivity contribution < 1.29 is 19.4 Å². The molecule has 1 aromatic rings. The van der Waals surface area contributed by atoms with E-state index in [1.54, 1.807) is 18.2 Å². The number of rotatable bonds is 14. The molecule has 28 heavy (non-hydrogen) atoms. The molecule has 1 aromatic carbocycles. The van der Waals surface area contributed by atoms with E-state index in [1.807, 2.05) is 20.8 Å². The van der Waals surface area contributed by atoms with E-state index in [4.69, 9.17) is 9.47 Å². The number of hydrogen-bond acceptors (Lipinski definition) is 4. The van der Waals surface area contributed by atoms with Gasteiger partial charge in [0.15, 0.2) is 6.61 Å². The molecule has 1 rings (SSSR count). The topological polar surface area (TPSA) is 55.8 Å². The molecule has 0 atom stereocenters. The number of carbonyl (C=O) groups is 1. The quantitative estimate of drug-likeness (QED) is 0.289. The first-order valence-electron chi connectivity index (χ1n) is 11.0. The van der Waals surface area contributed by atoms with Crippen LogP contribution in [0.2, 0.25) is 0 Å². The molecule has 0 radical (unpaired) electrons. The highest BCUT2D eigenvalue weighted by Crippen LogP contribution is 2.33. The molecule has 0 aliphatic carbocycles. The Balaban J connectivity index is 2.10. The van der Waals surface area contributed by atoms with E-state index in [-0.39, 0.29) is 23.7 Å². The van der Waals surface area contributed by atoms with Gasteiger partial charge in [-0.15, -0.1) is 0 Å². The van der Waals surface area contributed by atoms with Crippen molar-refractivity contribution in [3.05, 3.63) is 23.8 Å². The molecule has 1 N–H and O–H groups in total. The minimum absolute atomic E-state index is 0.105. The number of aromatic hydroxyl groups is 1. The lowest BCUT2D eigenvalue weighted by molar-refractivity contribution is -0.146. The molecular weight excluding hydrogens is 352 g/mol. The Kier molecular flexibility index (Phi) is 11.7. The van der Waals surface area contributed by atoms with Crippen molar-refractivity contribution in [2.45, 2.75) is 97.3 Å². The predicted molar refractivity (Wildman–Crippen MR) is 115 cm³/mol. The Morgan fingerprint density at radius 1 is 0.929 bits per heavy atom. The number of phenols is 1. The highest BCUT2D eigenvalue weighted by Gasteiger charge is 2.19. The summed E-state index contributed by atoms with van der Waals surface area (Å²) in [6, 6.07) is 5.05. The average molecular weight is 393 g/mol. The number of phenolic OH excluding ortho intramolecular Hbond substituents is 1. The average Bonchev–Trinajstić information content (AvgIpc) is 2.64. The Morgan fingerprint density at radius 2 is 1.50 bits per heavy atom. The van der Waals surface area contributed by atoms with Crippen LogP contribution >= 0.6 is 0 Å². The molecule has 0 saturated carbocycles. The first-order chi connectivity index (χ1) is 13.3. The van der Waals surface area contributed by atoms with Gasteiger partial charge in [0.2, 0.25) is 0 Å². The van der Waals surface area contributed by atoms with Crippen LogP contribution in [0.1, 0.15) is 97.5 Å². The Labute approximate surface area is 171 Å². The van der Waals surface area contributed by atoms with Gasteiger partial charge in [0.25, 0.3) is 0 Å². The lowest BCUT2D eigenvalue weighted by Crippen LogP contribution is -2.16. The highest BCUT2D eigenvalue weighted by molar-refractivity contribution is 5.71. The van der Waals surface area contributed by atoms with Crippen LogP contribution in [-0.4, -0.2) is 24.3 Å². The highest BCUT2D eigenvalue weighted by atomic mass is 16.6. The summed E-state index contributed by atoms with van der Waals surface area (Å²) >= 11 is 0. The van der Waals surface area contributed by atoms with Gasteiger partial charge in [-0.1, -0.05) is 85.5 Å². The summed E-state index contributed by atoms with van der Waals surface area (Å²) in [4.78, 5) is 11.8. The SMILES string of the molecule is CCCCCCCCCCCCOC(=O)COc1ccc(O)c(C(C)(C)C)c1. The molecule has 4 nitrogen and oxygen atoms in total. The Morgan fingerprint density at radius 3 is 2.07 bits per heavy atom. The summed E-state index contributed by atoms with van der Waals surface area (Å²) in [5, 5.41) is 9.97. The second-order valence-electron chi connectivity index (χ2n) is 8.62. The Hall–Kier alpha value is -1.71. The molecule has 0 bridgehead atoms. The van der Waals surface area contributed by atoms with Crippen molar-refractivity contribution in [1.29, 1.82) is 0 Å². The maximum atomic E-state index is 11.8. The van der Waals surface area contributed by atoms with Crippen molar-refractivity contribution in [3.63, 3.8) is 0 Å². The first-order valence-corrected chi connectivity index (χ1v) is 11.0. The smallest absolute Gasteiger partial charge is 0.344 e. The lowest BCUT2D eigenvalue weighted by Gasteiger charge is -2.21. The molecule has 0 aliphatic heterocycles. The summed E-state index contributed by atoms with van der Waals surface area (Å²) in [7, 11) is 0. The van der Waals surface area contributed by atoms with Crippen LogP contribution in [0.25, 0.3) is 0 Å².